The van der Waals surface area contributed by atoms with E-state index in [1.54, 1.807) is 36.4 Å². The molecule has 7 heteroatoms. The molecule has 3 atom stereocenters. The first-order valence-corrected chi connectivity index (χ1v) is 14.6. The smallest absolute Gasteiger partial charge is 0.230 e. The minimum Gasteiger partial charge on any atom is -0.490 e. The molecular formula is C33H38ClFN2O3. The minimum absolute atomic E-state index is 0.0677. The molecule has 0 spiro atoms. The average molecular weight is 565 g/mol. The quantitative estimate of drug-likeness (QED) is 0.317. The average Bonchev–Trinajstić information content (AvgIpc) is 2.95. The fourth-order valence-corrected chi connectivity index (χ4v) is 5.91. The van der Waals surface area contributed by atoms with Crippen LogP contribution >= 0.6 is 11.6 Å². The first-order valence-electron chi connectivity index (χ1n) is 14.3. The summed E-state index contributed by atoms with van der Waals surface area (Å²) in [4.78, 5) is 27.1. The molecule has 1 heterocycles. The van der Waals surface area contributed by atoms with E-state index in [4.69, 9.17) is 16.3 Å². The maximum Gasteiger partial charge on any atom is 0.230 e. The summed E-state index contributed by atoms with van der Waals surface area (Å²) >= 11 is 6.16. The minimum atomic E-state index is -0.719. The Morgan fingerprint density at radius 1 is 1.00 bits per heavy atom. The molecule has 2 aliphatic rings. The van der Waals surface area contributed by atoms with Crippen molar-refractivity contribution in [1.82, 2.24) is 5.32 Å². The molecular weight excluding hydrogens is 527 g/mol. The lowest BCUT2D eigenvalue weighted by Gasteiger charge is -2.39. The first kappa shape index (κ1) is 29.6. The zero-order valence-corrected chi connectivity index (χ0v) is 24.1. The van der Waals surface area contributed by atoms with Gasteiger partial charge in [0.1, 0.15) is 11.6 Å². The van der Waals surface area contributed by atoms with E-state index in [9.17, 15) is 14.0 Å². The largest absolute Gasteiger partial charge is 0.490 e. The number of carbonyl (C=O) groups is 2. The highest BCUT2D eigenvalue weighted by molar-refractivity contribution is 6.30. The van der Waals surface area contributed by atoms with E-state index in [0.717, 1.165) is 36.8 Å². The van der Waals surface area contributed by atoms with Crippen LogP contribution in [-0.4, -0.2) is 17.9 Å². The van der Waals surface area contributed by atoms with Crippen molar-refractivity contribution in [2.75, 3.05) is 5.32 Å². The van der Waals surface area contributed by atoms with Gasteiger partial charge in [-0.25, -0.2) is 4.39 Å². The number of carbonyl (C=O) groups excluding carboxylic acids is 2. The van der Waals surface area contributed by atoms with Crippen molar-refractivity contribution in [2.24, 2.45) is 5.92 Å². The van der Waals surface area contributed by atoms with Crippen LogP contribution in [0, 0.1) is 18.7 Å². The highest BCUT2D eigenvalue weighted by Gasteiger charge is 2.44. The Kier molecular flexibility index (Phi) is 10.2. The van der Waals surface area contributed by atoms with Crippen molar-refractivity contribution in [3.8, 4) is 5.75 Å². The third-order valence-corrected chi connectivity index (χ3v) is 7.77. The number of amides is 2. The van der Waals surface area contributed by atoms with E-state index in [0.29, 0.717) is 22.0 Å². The van der Waals surface area contributed by atoms with Crippen molar-refractivity contribution in [3.05, 3.63) is 94.3 Å². The molecule has 1 aliphatic carbocycles. The Morgan fingerprint density at radius 3 is 2.48 bits per heavy atom. The van der Waals surface area contributed by atoms with E-state index in [1.807, 2.05) is 39.0 Å². The highest BCUT2D eigenvalue weighted by Crippen LogP contribution is 2.44. The Balaban J connectivity index is 0.00000181. The summed E-state index contributed by atoms with van der Waals surface area (Å²) in [7, 11) is 0. The number of aryl methyl sites for hydroxylation is 1. The zero-order valence-electron chi connectivity index (χ0n) is 23.4. The normalized spacial score (nSPS) is 21.0. The van der Waals surface area contributed by atoms with Crippen LogP contribution in [0.5, 0.6) is 5.75 Å². The molecule has 40 heavy (non-hydrogen) atoms. The van der Waals surface area contributed by atoms with E-state index < -0.39 is 23.7 Å². The van der Waals surface area contributed by atoms with Crippen LogP contribution in [0.1, 0.15) is 81.0 Å². The zero-order chi connectivity index (χ0) is 28.6. The van der Waals surface area contributed by atoms with Gasteiger partial charge >= 0.3 is 0 Å². The Hall–Kier alpha value is -3.38. The lowest BCUT2D eigenvalue weighted by atomic mass is 9.73. The molecule has 3 aromatic carbocycles. The van der Waals surface area contributed by atoms with E-state index >= 15 is 0 Å². The molecule has 2 fully saturated rings. The predicted octanol–water partition coefficient (Wildman–Crippen LogP) is 8.12. The Bertz CT molecular complexity index is 1320. The summed E-state index contributed by atoms with van der Waals surface area (Å²) in [5.41, 5.74) is 2.92. The van der Waals surface area contributed by atoms with Gasteiger partial charge < -0.3 is 15.4 Å². The fourth-order valence-electron chi connectivity index (χ4n) is 5.72. The molecule has 212 valence electrons. The van der Waals surface area contributed by atoms with Crippen molar-refractivity contribution in [3.63, 3.8) is 0 Å². The molecule has 0 bridgehead atoms. The number of benzene rings is 3. The number of halogens is 2. The lowest BCUT2D eigenvalue weighted by Crippen LogP contribution is -2.47. The van der Waals surface area contributed by atoms with Crippen LogP contribution in [0.25, 0.3) is 0 Å². The highest BCUT2D eigenvalue weighted by atomic mass is 35.5. The van der Waals surface area contributed by atoms with Gasteiger partial charge in [-0.1, -0.05) is 67.8 Å². The molecule has 1 aliphatic heterocycles. The van der Waals surface area contributed by atoms with Gasteiger partial charge in [0, 0.05) is 28.6 Å². The lowest BCUT2D eigenvalue weighted by molar-refractivity contribution is -0.129. The van der Waals surface area contributed by atoms with Crippen molar-refractivity contribution in [1.29, 1.82) is 0 Å². The number of nitrogens with one attached hydrogen (secondary N) is 2. The van der Waals surface area contributed by atoms with Gasteiger partial charge in [-0.3, -0.25) is 9.59 Å². The van der Waals surface area contributed by atoms with Gasteiger partial charge in [0.15, 0.2) is 0 Å². The van der Waals surface area contributed by atoms with Crippen LogP contribution in [-0.2, 0) is 9.59 Å². The van der Waals surface area contributed by atoms with Crippen LogP contribution in [0.4, 0.5) is 10.1 Å². The third-order valence-electron chi connectivity index (χ3n) is 7.53. The van der Waals surface area contributed by atoms with Gasteiger partial charge in [0.2, 0.25) is 11.8 Å². The maximum absolute atomic E-state index is 14.3. The molecule has 1 saturated carbocycles. The number of piperidine rings is 1. The third kappa shape index (κ3) is 7.22. The summed E-state index contributed by atoms with van der Waals surface area (Å²) < 4.78 is 20.8. The molecule has 1 unspecified atom stereocenters. The van der Waals surface area contributed by atoms with Gasteiger partial charge in [-0.05, 0) is 74.6 Å². The molecule has 5 nitrogen and oxygen atoms in total. The second-order valence-electron chi connectivity index (χ2n) is 10.4. The second-order valence-corrected chi connectivity index (χ2v) is 10.8. The molecule has 0 radical (unpaired) electrons. The van der Waals surface area contributed by atoms with Crippen molar-refractivity contribution >= 4 is 29.1 Å². The first-order chi connectivity index (χ1) is 19.4. The van der Waals surface area contributed by atoms with Gasteiger partial charge in [0.25, 0.3) is 0 Å². The number of hydrogen-bond donors (Lipinski definition) is 2. The SMILES string of the molecule is CC.Cc1ccc(OC2CCCCC2)c([C@H]2NC(=O)C[C@@H](c3cccc(F)c3)C2C(=O)Nc2cccc(Cl)c2)c1. The molecule has 3 aromatic rings. The maximum atomic E-state index is 14.3. The molecule has 0 aromatic heterocycles. The summed E-state index contributed by atoms with van der Waals surface area (Å²) in [5, 5.41) is 6.57. The van der Waals surface area contributed by atoms with Crippen molar-refractivity contribution < 1.29 is 18.7 Å². The molecule has 1 saturated heterocycles. The Morgan fingerprint density at radius 2 is 1.75 bits per heavy atom. The van der Waals surface area contributed by atoms with Gasteiger partial charge in [-0.15, -0.1) is 0 Å². The topological polar surface area (TPSA) is 67.4 Å². The number of rotatable bonds is 6. The fraction of sp³-hybridized carbons (Fsp3) is 0.394. The van der Waals surface area contributed by atoms with Crippen LogP contribution in [0.2, 0.25) is 5.02 Å². The van der Waals surface area contributed by atoms with Crippen molar-refractivity contribution in [2.45, 2.75) is 77.4 Å². The second kappa shape index (κ2) is 13.8. The molecule has 2 N–H and O–H groups in total. The van der Waals surface area contributed by atoms with Gasteiger partial charge in [-0.2, -0.15) is 0 Å². The predicted molar refractivity (Wildman–Crippen MR) is 158 cm³/mol. The summed E-state index contributed by atoms with van der Waals surface area (Å²) in [6, 6.07) is 18.3. The van der Waals surface area contributed by atoms with E-state index in [-0.39, 0.29) is 24.3 Å². The van der Waals surface area contributed by atoms with E-state index in [1.165, 1.54) is 18.6 Å². The van der Waals surface area contributed by atoms with Crippen LogP contribution in [0.15, 0.2) is 66.7 Å². The van der Waals surface area contributed by atoms with Crippen LogP contribution < -0.4 is 15.4 Å². The summed E-state index contributed by atoms with van der Waals surface area (Å²) in [6.45, 7) is 5.98. The monoisotopic (exact) mass is 564 g/mol. The van der Waals surface area contributed by atoms with E-state index in [2.05, 4.69) is 10.6 Å². The van der Waals surface area contributed by atoms with Gasteiger partial charge in [0.05, 0.1) is 18.1 Å². The summed E-state index contributed by atoms with van der Waals surface area (Å²) in [5.74, 6) is -1.46. The van der Waals surface area contributed by atoms with Crippen LogP contribution in [0.3, 0.4) is 0 Å². The Labute approximate surface area is 241 Å². The standard InChI is InChI=1S/C31H32ClFN2O3.C2H6/c1-19-13-14-27(38-24-11-3-2-4-12-24)26(15-19)30-29(31(37)34-23-10-6-8-21(32)17-23)25(18-28(36)35-30)20-7-5-9-22(33)16-20;1-2/h5-10,13-17,24-25,29-30H,2-4,11-12,18H2,1H3,(H,34,37)(H,35,36);1-2H3/t25-,29?,30+;/m0./s1. The number of hydrogen-bond acceptors (Lipinski definition) is 3. The number of ether oxygens (including phenoxy) is 1. The molecule has 5 rings (SSSR count). The molecule has 2 amide bonds. The number of anilines is 1. The summed E-state index contributed by atoms with van der Waals surface area (Å²) in [6.07, 6.45) is 5.58.